The number of ketones is 1. The monoisotopic (exact) mass is 173 g/mol. The molecule has 1 rings (SSSR count). The Morgan fingerprint density at radius 3 is 2.50 bits per heavy atom. The molecule has 0 bridgehead atoms. The van der Waals surface area contributed by atoms with E-state index in [0.29, 0.717) is 0 Å². The number of carbonyl (C=O) groups is 2. The maximum atomic E-state index is 11.0. The molecule has 3 N–H and O–H groups in total. The van der Waals surface area contributed by atoms with Crippen LogP contribution in [-0.2, 0) is 9.59 Å². The highest BCUT2D eigenvalue weighted by molar-refractivity contribution is 6.39. The van der Waals surface area contributed by atoms with Crippen LogP contribution in [0.3, 0.4) is 0 Å². The van der Waals surface area contributed by atoms with Gasteiger partial charge in [-0.2, -0.15) is 0 Å². The van der Waals surface area contributed by atoms with E-state index in [9.17, 15) is 14.7 Å². The number of aliphatic hydroxyl groups is 2. The number of nitrogens with one attached hydrogen (secondary N) is 1. The van der Waals surface area contributed by atoms with Gasteiger partial charge in [0, 0.05) is 5.92 Å². The first-order valence-corrected chi connectivity index (χ1v) is 3.63. The van der Waals surface area contributed by atoms with E-state index in [0.717, 1.165) is 0 Å². The molecule has 1 aliphatic rings. The molecule has 5 heteroatoms. The summed E-state index contributed by atoms with van der Waals surface area (Å²) in [5.74, 6) is -2.53. The molecule has 1 heterocycles. The van der Waals surface area contributed by atoms with Gasteiger partial charge in [-0.25, -0.2) is 0 Å². The largest absolute Gasteiger partial charge is 0.381 e. The van der Waals surface area contributed by atoms with Crippen LogP contribution in [0.15, 0.2) is 0 Å². The van der Waals surface area contributed by atoms with Crippen LogP contribution < -0.4 is 5.32 Å². The fourth-order valence-corrected chi connectivity index (χ4v) is 1.07. The summed E-state index contributed by atoms with van der Waals surface area (Å²) in [6, 6.07) is 0. The van der Waals surface area contributed by atoms with Crippen molar-refractivity contribution in [1.29, 1.82) is 0 Å². The van der Waals surface area contributed by atoms with E-state index < -0.39 is 29.4 Å². The second kappa shape index (κ2) is 2.53. The van der Waals surface area contributed by atoms with Gasteiger partial charge in [0.25, 0.3) is 11.7 Å². The van der Waals surface area contributed by atoms with Crippen molar-refractivity contribution in [3.63, 3.8) is 0 Å². The van der Waals surface area contributed by atoms with Gasteiger partial charge in [-0.05, 0) is 6.92 Å². The first kappa shape index (κ1) is 9.15. The molecule has 3 atom stereocenters. The lowest BCUT2D eigenvalue weighted by Gasteiger charge is -2.36. The zero-order valence-corrected chi connectivity index (χ0v) is 6.87. The van der Waals surface area contributed by atoms with E-state index in [4.69, 9.17) is 5.11 Å². The number of hydrogen-bond acceptors (Lipinski definition) is 4. The van der Waals surface area contributed by atoms with Crippen molar-refractivity contribution in [2.45, 2.75) is 25.7 Å². The summed E-state index contributed by atoms with van der Waals surface area (Å²) in [4.78, 5) is 21.8. The van der Waals surface area contributed by atoms with Crippen LogP contribution in [0.25, 0.3) is 0 Å². The number of hydrogen-bond donors (Lipinski definition) is 3. The van der Waals surface area contributed by atoms with Gasteiger partial charge in [-0.1, -0.05) is 6.92 Å². The Labute approximate surface area is 69.4 Å². The number of aliphatic hydroxyl groups excluding tert-OH is 1. The van der Waals surface area contributed by atoms with Crippen molar-refractivity contribution < 1.29 is 19.8 Å². The first-order chi connectivity index (χ1) is 5.37. The van der Waals surface area contributed by atoms with Gasteiger partial charge in [0.05, 0.1) is 0 Å². The lowest BCUT2D eigenvalue weighted by Crippen LogP contribution is -2.62. The first-order valence-electron chi connectivity index (χ1n) is 3.63. The molecule has 68 valence electrons. The molecule has 1 amide bonds. The maximum Gasteiger partial charge on any atom is 0.292 e. The van der Waals surface area contributed by atoms with Gasteiger partial charge in [0.15, 0.2) is 0 Å². The molecule has 1 saturated heterocycles. The van der Waals surface area contributed by atoms with Crippen LogP contribution in [0.1, 0.15) is 13.8 Å². The fourth-order valence-electron chi connectivity index (χ4n) is 1.07. The Bertz CT molecular complexity index is 236. The van der Waals surface area contributed by atoms with Gasteiger partial charge in [0.1, 0.15) is 11.8 Å². The van der Waals surface area contributed by atoms with Crippen molar-refractivity contribution in [1.82, 2.24) is 5.32 Å². The predicted octanol–water partition coefficient (Wildman–Crippen LogP) is -1.61. The molecule has 3 unspecified atom stereocenters. The van der Waals surface area contributed by atoms with Crippen LogP contribution in [0.5, 0.6) is 0 Å². The van der Waals surface area contributed by atoms with E-state index >= 15 is 0 Å². The third-order valence-corrected chi connectivity index (χ3v) is 2.31. The summed E-state index contributed by atoms with van der Waals surface area (Å²) in [5.41, 5.74) is -1.76. The van der Waals surface area contributed by atoms with E-state index in [1.807, 2.05) is 5.32 Å². The molecular weight excluding hydrogens is 162 g/mol. The van der Waals surface area contributed by atoms with Crippen LogP contribution in [0, 0.1) is 5.92 Å². The highest BCUT2D eigenvalue weighted by Crippen LogP contribution is 2.24. The Morgan fingerprint density at radius 2 is 2.00 bits per heavy atom. The predicted molar refractivity (Wildman–Crippen MR) is 38.9 cm³/mol. The summed E-state index contributed by atoms with van der Waals surface area (Å²) in [6.07, 6.45) is -1.16. The quantitative estimate of drug-likeness (QED) is 0.385. The molecule has 12 heavy (non-hydrogen) atoms. The van der Waals surface area contributed by atoms with Gasteiger partial charge in [-0.15, -0.1) is 0 Å². The third kappa shape index (κ3) is 1.11. The summed E-state index contributed by atoms with van der Waals surface area (Å²) >= 11 is 0. The number of piperidine rings is 1. The second-order valence-electron chi connectivity index (χ2n) is 3.18. The fraction of sp³-hybridized carbons (Fsp3) is 0.714. The van der Waals surface area contributed by atoms with E-state index in [2.05, 4.69) is 0 Å². The third-order valence-electron chi connectivity index (χ3n) is 2.31. The second-order valence-corrected chi connectivity index (χ2v) is 3.18. The molecule has 0 aromatic heterocycles. The van der Waals surface area contributed by atoms with Gasteiger partial charge >= 0.3 is 0 Å². The van der Waals surface area contributed by atoms with E-state index in [-0.39, 0.29) is 0 Å². The Morgan fingerprint density at radius 1 is 1.50 bits per heavy atom. The van der Waals surface area contributed by atoms with Crippen LogP contribution in [0.4, 0.5) is 0 Å². The topological polar surface area (TPSA) is 86.6 Å². The van der Waals surface area contributed by atoms with Crippen LogP contribution in [0.2, 0.25) is 0 Å². The zero-order chi connectivity index (χ0) is 9.52. The molecule has 0 spiro atoms. The number of carbonyl (C=O) groups excluding carboxylic acids is 2. The van der Waals surface area contributed by atoms with Gasteiger partial charge in [0.2, 0.25) is 0 Å². The lowest BCUT2D eigenvalue weighted by molar-refractivity contribution is -0.166. The van der Waals surface area contributed by atoms with Crippen LogP contribution >= 0.6 is 0 Å². The maximum absolute atomic E-state index is 11.0. The van der Waals surface area contributed by atoms with Crippen LogP contribution in [-0.4, -0.2) is 33.7 Å². The number of Topliss-reactive ketones (excluding diaryl/α,β-unsaturated/α-hetero) is 1. The number of amides is 1. The number of rotatable bonds is 0. The van der Waals surface area contributed by atoms with E-state index in [1.54, 1.807) is 0 Å². The minimum Gasteiger partial charge on any atom is -0.381 e. The minimum atomic E-state index is -1.76. The minimum absolute atomic E-state index is 0.692. The Balaban J connectivity index is 2.97. The highest BCUT2D eigenvalue weighted by atomic mass is 16.3. The molecule has 1 aliphatic heterocycles. The zero-order valence-electron chi connectivity index (χ0n) is 6.87. The van der Waals surface area contributed by atoms with Gasteiger partial charge in [-0.3, -0.25) is 9.59 Å². The summed E-state index contributed by atoms with van der Waals surface area (Å²) in [7, 11) is 0. The van der Waals surface area contributed by atoms with Crippen molar-refractivity contribution >= 4 is 11.7 Å². The molecule has 0 radical (unpaired) electrons. The molecule has 0 aromatic carbocycles. The van der Waals surface area contributed by atoms with Crippen molar-refractivity contribution in [2.75, 3.05) is 0 Å². The Hall–Kier alpha value is -0.940. The molecule has 0 aliphatic carbocycles. The van der Waals surface area contributed by atoms with Gasteiger partial charge < -0.3 is 15.5 Å². The molecule has 0 saturated carbocycles. The summed E-state index contributed by atoms with van der Waals surface area (Å²) in [5, 5.41) is 20.7. The Kier molecular flexibility index (Phi) is 1.93. The van der Waals surface area contributed by atoms with E-state index in [1.165, 1.54) is 13.8 Å². The molecule has 5 nitrogen and oxygen atoms in total. The smallest absolute Gasteiger partial charge is 0.292 e. The average Bonchev–Trinajstić information content (AvgIpc) is 1.99. The summed E-state index contributed by atoms with van der Waals surface area (Å²) in [6.45, 7) is 2.71. The van der Waals surface area contributed by atoms with Crippen molar-refractivity contribution in [3.05, 3.63) is 0 Å². The standard InChI is InChI=1S/C7H11NO4/c1-3-5(10)8-6(11)4(9)7(3,2)12/h3,5,10,12H,1-2H3,(H,8,11). The van der Waals surface area contributed by atoms with Crippen molar-refractivity contribution in [2.24, 2.45) is 5.92 Å². The average molecular weight is 173 g/mol. The molecule has 0 aromatic rings. The SMILES string of the molecule is CC1C(O)NC(=O)C(=O)C1(C)O. The normalized spacial score (nSPS) is 42.7. The summed E-state index contributed by atoms with van der Waals surface area (Å²) < 4.78 is 0. The molecule has 1 fully saturated rings. The lowest BCUT2D eigenvalue weighted by atomic mass is 9.82. The molecular formula is C7H11NO4. The van der Waals surface area contributed by atoms with Crippen molar-refractivity contribution in [3.8, 4) is 0 Å². The highest BCUT2D eigenvalue weighted by Gasteiger charge is 2.48.